The molecule has 0 aromatic carbocycles. The number of Topliss-reactive ketones (excluding diaryl/α,β-unsaturated/α-hetero) is 1. The van der Waals surface area contributed by atoms with Gasteiger partial charge in [-0.3, -0.25) is 9.59 Å². The van der Waals surface area contributed by atoms with Gasteiger partial charge in [-0.05, 0) is 14.0 Å². The van der Waals surface area contributed by atoms with Gasteiger partial charge < -0.3 is 15.6 Å². The summed E-state index contributed by atoms with van der Waals surface area (Å²) >= 11 is 0. The van der Waals surface area contributed by atoms with E-state index in [1.165, 1.54) is 6.92 Å². The van der Waals surface area contributed by atoms with Crippen molar-refractivity contribution in [1.82, 2.24) is 20.6 Å². The highest BCUT2D eigenvalue weighted by atomic mass is 16.2. The minimum Gasteiger partial charge on any atom is -0.348 e. The molecule has 0 fully saturated rings. The Kier molecular flexibility index (Phi) is 4.65. The van der Waals surface area contributed by atoms with Crippen LogP contribution in [0.3, 0.4) is 0 Å². The van der Waals surface area contributed by atoms with Gasteiger partial charge >= 0.3 is 0 Å². The van der Waals surface area contributed by atoms with Crippen molar-refractivity contribution in [3.63, 3.8) is 0 Å². The summed E-state index contributed by atoms with van der Waals surface area (Å²) in [4.78, 5) is 29.4. The zero-order valence-electron chi connectivity index (χ0n) is 9.41. The van der Waals surface area contributed by atoms with E-state index in [-0.39, 0.29) is 18.2 Å². The zero-order chi connectivity index (χ0) is 12.0. The van der Waals surface area contributed by atoms with Gasteiger partial charge in [0.25, 0.3) is 0 Å². The largest absolute Gasteiger partial charge is 0.348 e. The SMILES string of the molecule is CNCC(=O)N[C@H](Cc1cnc[nH]1)C(C)=O. The summed E-state index contributed by atoms with van der Waals surface area (Å²) in [6.07, 6.45) is 3.62. The summed E-state index contributed by atoms with van der Waals surface area (Å²) in [7, 11) is 1.68. The predicted molar refractivity (Wildman–Crippen MR) is 58.8 cm³/mol. The van der Waals surface area contributed by atoms with E-state index in [2.05, 4.69) is 20.6 Å². The first-order valence-electron chi connectivity index (χ1n) is 5.05. The molecule has 0 bridgehead atoms. The van der Waals surface area contributed by atoms with Gasteiger partial charge in [0.2, 0.25) is 5.91 Å². The number of hydrogen-bond donors (Lipinski definition) is 3. The van der Waals surface area contributed by atoms with E-state index in [0.29, 0.717) is 6.42 Å². The van der Waals surface area contributed by atoms with Crippen LogP contribution in [0.2, 0.25) is 0 Å². The van der Waals surface area contributed by atoms with Crippen molar-refractivity contribution in [3.8, 4) is 0 Å². The summed E-state index contributed by atoms with van der Waals surface area (Å²) < 4.78 is 0. The molecule has 1 aromatic rings. The summed E-state index contributed by atoms with van der Waals surface area (Å²) in [5.74, 6) is -0.263. The molecule has 1 aromatic heterocycles. The van der Waals surface area contributed by atoms with Crippen LogP contribution in [0, 0.1) is 0 Å². The first-order valence-corrected chi connectivity index (χ1v) is 5.05. The first kappa shape index (κ1) is 12.4. The van der Waals surface area contributed by atoms with Crippen LogP contribution in [0.15, 0.2) is 12.5 Å². The molecule has 88 valence electrons. The molecule has 3 N–H and O–H groups in total. The second-order valence-corrected chi connectivity index (χ2v) is 3.54. The van der Waals surface area contributed by atoms with E-state index in [1.807, 2.05) is 0 Å². The molecular weight excluding hydrogens is 208 g/mol. The summed E-state index contributed by atoms with van der Waals surface area (Å²) in [5.41, 5.74) is 0.824. The van der Waals surface area contributed by atoms with Crippen molar-refractivity contribution in [2.24, 2.45) is 0 Å². The molecule has 0 radical (unpaired) electrons. The third-order valence-corrected chi connectivity index (χ3v) is 2.14. The third-order valence-electron chi connectivity index (χ3n) is 2.14. The average Bonchev–Trinajstić information content (AvgIpc) is 2.69. The van der Waals surface area contributed by atoms with Crippen molar-refractivity contribution >= 4 is 11.7 Å². The number of carbonyl (C=O) groups is 2. The number of likely N-dealkylation sites (N-methyl/N-ethyl adjacent to an activating group) is 1. The molecule has 0 saturated carbocycles. The number of amides is 1. The lowest BCUT2D eigenvalue weighted by Gasteiger charge is -2.14. The Morgan fingerprint density at radius 2 is 2.31 bits per heavy atom. The van der Waals surface area contributed by atoms with Crippen LogP contribution >= 0.6 is 0 Å². The van der Waals surface area contributed by atoms with E-state index in [4.69, 9.17) is 0 Å². The van der Waals surface area contributed by atoms with E-state index in [1.54, 1.807) is 19.6 Å². The first-order chi connectivity index (χ1) is 7.63. The van der Waals surface area contributed by atoms with Crippen LogP contribution in [-0.4, -0.2) is 41.3 Å². The van der Waals surface area contributed by atoms with Crippen LogP contribution in [0.4, 0.5) is 0 Å². The Hall–Kier alpha value is -1.69. The van der Waals surface area contributed by atoms with E-state index >= 15 is 0 Å². The van der Waals surface area contributed by atoms with Crippen LogP contribution in [0.5, 0.6) is 0 Å². The lowest BCUT2D eigenvalue weighted by atomic mass is 10.1. The number of H-pyrrole nitrogens is 1. The van der Waals surface area contributed by atoms with Gasteiger partial charge in [-0.1, -0.05) is 0 Å². The van der Waals surface area contributed by atoms with Crippen molar-refractivity contribution in [2.75, 3.05) is 13.6 Å². The standard InChI is InChI=1S/C10H16N4O2/c1-7(15)9(14-10(16)5-11-2)3-8-4-12-6-13-8/h4,6,9,11H,3,5H2,1-2H3,(H,12,13)(H,14,16)/t9-/m1/s1. The molecule has 0 spiro atoms. The fourth-order valence-electron chi connectivity index (χ4n) is 1.32. The number of imidazole rings is 1. The molecule has 1 heterocycles. The van der Waals surface area contributed by atoms with Gasteiger partial charge in [0.05, 0.1) is 18.9 Å². The molecule has 6 nitrogen and oxygen atoms in total. The minimum absolute atomic E-state index is 0.0703. The Bertz CT molecular complexity index is 348. The third kappa shape index (κ3) is 3.82. The zero-order valence-corrected chi connectivity index (χ0v) is 9.41. The number of nitrogens with zero attached hydrogens (tertiary/aromatic N) is 1. The van der Waals surface area contributed by atoms with Crippen LogP contribution in [0.25, 0.3) is 0 Å². The molecule has 0 aliphatic rings. The molecule has 0 saturated heterocycles. The van der Waals surface area contributed by atoms with Crippen molar-refractivity contribution in [3.05, 3.63) is 18.2 Å². The van der Waals surface area contributed by atoms with E-state index in [9.17, 15) is 9.59 Å². The molecular formula is C10H16N4O2. The fourth-order valence-corrected chi connectivity index (χ4v) is 1.32. The number of nitrogens with one attached hydrogen (secondary N) is 3. The number of carbonyl (C=O) groups excluding carboxylic acids is 2. The van der Waals surface area contributed by atoms with Gasteiger partial charge in [-0.2, -0.15) is 0 Å². The number of aromatic nitrogens is 2. The summed E-state index contributed by atoms with van der Waals surface area (Å²) in [5, 5.41) is 5.38. The van der Waals surface area contributed by atoms with Gasteiger partial charge in [-0.25, -0.2) is 4.98 Å². The number of aromatic amines is 1. The number of ketones is 1. The maximum Gasteiger partial charge on any atom is 0.234 e. The Morgan fingerprint density at radius 3 is 2.81 bits per heavy atom. The summed E-state index contributed by atoms with van der Waals surface area (Å²) in [6.45, 7) is 1.66. The predicted octanol–water partition coefficient (Wildman–Crippen LogP) is -0.755. The van der Waals surface area contributed by atoms with Crippen molar-refractivity contribution < 1.29 is 9.59 Å². The lowest BCUT2D eigenvalue weighted by Crippen LogP contribution is -2.44. The molecule has 1 rings (SSSR count). The van der Waals surface area contributed by atoms with Crippen molar-refractivity contribution in [2.45, 2.75) is 19.4 Å². The maximum absolute atomic E-state index is 11.3. The molecule has 6 heteroatoms. The van der Waals surface area contributed by atoms with Crippen LogP contribution in [-0.2, 0) is 16.0 Å². The van der Waals surface area contributed by atoms with Gasteiger partial charge in [-0.15, -0.1) is 0 Å². The normalized spacial score (nSPS) is 12.1. The molecule has 16 heavy (non-hydrogen) atoms. The highest BCUT2D eigenvalue weighted by molar-refractivity contribution is 5.88. The Balaban J connectivity index is 2.54. The average molecular weight is 224 g/mol. The molecule has 0 aliphatic carbocycles. The van der Waals surface area contributed by atoms with Gasteiger partial charge in [0.15, 0.2) is 5.78 Å². The number of hydrogen-bond acceptors (Lipinski definition) is 4. The Labute approximate surface area is 93.8 Å². The quantitative estimate of drug-likeness (QED) is 0.593. The number of rotatable bonds is 6. The van der Waals surface area contributed by atoms with Gasteiger partial charge in [0.1, 0.15) is 0 Å². The lowest BCUT2D eigenvalue weighted by molar-refractivity contribution is -0.126. The highest BCUT2D eigenvalue weighted by Crippen LogP contribution is 1.99. The molecule has 0 aliphatic heterocycles. The smallest absolute Gasteiger partial charge is 0.234 e. The second kappa shape index (κ2) is 6.02. The second-order valence-electron chi connectivity index (χ2n) is 3.54. The fraction of sp³-hybridized carbons (Fsp3) is 0.500. The topological polar surface area (TPSA) is 86.9 Å². The molecule has 1 amide bonds. The molecule has 0 unspecified atom stereocenters. The minimum atomic E-state index is -0.499. The van der Waals surface area contributed by atoms with Crippen LogP contribution < -0.4 is 10.6 Å². The highest BCUT2D eigenvalue weighted by Gasteiger charge is 2.17. The Morgan fingerprint density at radius 1 is 1.56 bits per heavy atom. The molecule has 1 atom stereocenters. The van der Waals surface area contributed by atoms with Crippen molar-refractivity contribution in [1.29, 1.82) is 0 Å². The maximum atomic E-state index is 11.3. The van der Waals surface area contributed by atoms with Gasteiger partial charge in [0, 0.05) is 18.3 Å². The van der Waals surface area contributed by atoms with E-state index in [0.717, 1.165) is 5.69 Å². The monoisotopic (exact) mass is 224 g/mol. The van der Waals surface area contributed by atoms with Crippen LogP contribution in [0.1, 0.15) is 12.6 Å². The summed E-state index contributed by atoms with van der Waals surface area (Å²) in [6, 6.07) is -0.499. The van der Waals surface area contributed by atoms with E-state index < -0.39 is 6.04 Å².